The van der Waals surface area contributed by atoms with Gasteiger partial charge >= 0.3 is 31.3 Å². The van der Waals surface area contributed by atoms with Crippen LogP contribution in [0.25, 0.3) is 22.1 Å². The van der Waals surface area contributed by atoms with Crippen LogP contribution in [0.1, 0.15) is 55.3 Å². The molecule has 284 valence electrons. The summed E-state index contributed by atoms with van der Waals surface area (Å²) in [6.07, 6.45) is 9.34. The van der Waals surface area contributed by atoms with Crippen molar-refractivity contribution in [2.75, 3.05) is 23.9 Å². The molecule has 2 fully saturated rings. The smallest absolute Gasteiger partial charge is 0.320 e. The summed E-state index contributed by atoms with van der Waals surface area (Å²) in [5.74, 6) is 0.346. The number of aromatic amines is 1. The Hall–Kier alpha value is -4.70. The first kappa shape index (κ1) is 38.0. The summed E-state index contributed by atoms with van der Waals surface area (Å²) in [7, 11) is -10.1. The molecule has 2 saturated carbocycles. The quantitative estimate of drug-likeness (QED) is 0.224. The number of pyridine rings is 4. The summed E-state index contributed by atoms with van der Waals surface area (Å²) in [5, 5.41) is 0. The van der Waals surface area contributed by atoms with Crippen molar-refractivity contribution in [1.29, 1.82) is 0 Å². The van der Waals surface area contributed by atoms with Gasteiger partial charge in [0.1, 0.15) is 0 Å². The first-order chi connectivity index (χ1) is 24.5. The number of amides is 2. The zero-order valence-electron chi connectivity index (χ0n) is 27.8. The highest BCUT2D eigenvalue weighted by Gasteiger charge is 2.58. The van der Waals surface area contributed by atoms with Gasteiger partial charge in [-0.1, -0.05) is 12.8 Å². The van der Waals surface area contributed by atoms with Gasteiger partial charge in [0.15, 0.2) is 0 Å². The third kappa shape index (κ3) is 5.99. The van der Waals surface area contributed by atoms with Gasteiger partial charge in [0.05, 0.1) is 56.7 Å². The fourth-order valence-corrected chi connectivity index (χ4v) is 8.53. The second-order valence-electron chi connectivity index (χ2n) is 12.9. The van der Waals surface area contributed by atoms with Gasteiger partial charge in [-0.25, -0.2) is 0 Å². The molecule has 0 bridgehead atoms. The topological polar surface area (TPSA) is 190 Å². The van der Waals surface area contributed by atoms with Crippen LogP contribution in [0.15, 0.2) is 41.5 Å². The van der Waals surface area contributed by atoms with Gasteiger partial charge in [-0.05, 0) is 50.8 Å². The highest BCUT2D eigenvalue weighted by molar-refractivity contribution is 8.00. The van der Waals surface area contributed by atoms with E-state index < -0.39 is 36.7 Å². The number of carbonyl (C=O) groups is 2. The predicted molar refractivity (Wildman–Crippen MR) is 176 cm³/mol. The standard InChI is InChI=1S/C15H15N3O.C14H13N3O2.C2F6O5S2/c1-9-4-5-10-13(17-9)12-11(8-16-10)18(2)14(19)15(12)6-3-7-15;1-17-9-7-15-8-3-4-10(18)16-12(8)11(9)14(13(17)19)5-2-6-14;3-1(4,5)14(9,10)13-15(11,12)2(6,7)8/h4-5,8H,3,6-7H2,1-2H3;3-4,7H,2,5-6H2,1H3,(H,16,18);. The van der Waals surface area contributed by atoms with Crippen LogP contribution in [0.5, 0.6) is 0 Å². The van der Waals surface area contributed by atoms with E-state index in [9.17, 15) is 57.6 Å². The van der Waals surface area contributed by atoms with E-state index in [0.717, 1.165) is 88.8 Å². The Bertz CT molecular complexity index is 2440. The maximum Gasteiger partial charge on any atom is 0.524 e. The number of H-pyrrole nitrogens is 1. The molecule has 2 spiro atoms. The molecule has 0 aromatic carbocycles. The van der Waals surface area contributed by atoms with Crippen molar-refractivity contribution < 1.29 is 56.4 Å². The molecule has 8 rings (SSSR count). The summed E-state index contributed by atoms with van der Waals surface area (Å²) < 4.78 is 110. The number of likely N-dealkylation sites (N-methyl/N-ethyl adjacent to an activating group) is 2. The van der Waals surface area contributed by atoms with Crippen molar-refractivity contribution in [3.8, 4) is 0 Å². The van der Waals surface area contributed by atoms with Gasteiger partial charge in [-0.3, -0.25) is 29.3 Å². The lowest BCUT2D eigenvalue weighted by molar-refractivity contribution is -0.126. The number of nitrogens with one attached hydrogen (secondary N) is 1. The molecule has 2 aliphatic carbocycles. The zero-order valence-corrected chi connectivity index (χ0v) is 29.4. The lowest BCUT2D eigenvalue weighted by Crippen LogP contribution is -2.44. The molecule has 0 atom stereocenters. The SMILES string of the molecule is CN1C(=O)C2(CCC2)c2c1cnc1ccc(=O)[nH]c21.Cc1ccc2ncc3c(c2n1)C1(CCC1)C(=O)N3C.O=S(=O)(OS(=O)(=O)C(F)(F)F)C(F)(F)F. The number of hydrogen-bond acceptors (Lipinski definition) is 11. The molecular formula is C31H28F6N6O8S2. The van der Waals surface area contributed by atoms with Crippen molar-refractivity contribution in [2.24, 2.45) is 0 Å². The van der Waals surface area contributed by atoms with Crippen LogP contribution in [0.2, 0.25) is 0 Å². The molecular weight excluding hydrogens is 762 g/mol. The Morgan fingerprint density at radius 2 is 1.17 bits per heavy atom. The Morgan fingerprint density at radius 1 is 0.717 bits per heavy atom. The fraction of sp³-hybridized carbons (Fsp3) is 0.419. The number of aryl methyl sites for hydroxylation is 1. The molecule has 0 saturated heterocycles. The average Bonchev–Trinajstić information content (AvgIpc) is 3.40. The molecule has 0 radical (unpaired) electrons. The second-order valence-corrected chi connectivity index (χ2v) is 16.2. The van der Waals surface area contributed by atoms with Gasteiger partial charge in [0.25, 0.3) is 0 Å². The van der Waals surface area contributed by atoms with E-state index in [1.54, 1.807) is 29.1 Å². The monoisotopic (exact) mass is 790 g/mol. The fourth-order valence-electron chi connectivity index (χ4n) is 6.97. The summed E-state index contributed by atoms with van der Waals surface area (Å²) in [4.78, 5) is 56.4. The zero-order chi connectivity index (χ0) is 39.1. The number of carbonyl (C=O) groups excluding carboxylic acids is 2. The highest BCUT2D eigenvalue weighted by atomic mass is 32.3. The van der Waals surface area contributed by atoms with Crippen molar-refractivity contribution in [3.63, 3.8) is 0 Å². The molecule has 14 nitrogen and oxygen atoms in total. The Labute approximate surface area is 296 Å². The van der Waals surface area contributed by atoms with Crippen LogP contribution in [-0.4, -0.2) is 73.7 Å². The molecule has 22 heteroatoms. The number of nitrogens with zero attached hydrogens (tertiary/aromatic N) is 5. The lowest BCUT2D eigenvalue weighted by atomic mass is 9.65. The van der Waals surface area contributed by atoms with Crippen LogP contribution < -0.4 is 15.4 Å². The molecule has 2 amide bonds. The Morgan fingerprint density at radius 3 is 1.64 bits per heavy atom. The molecule has 4 aromatic heterocycles. The van der Waals surface area contributed by atoms with Gasteiger partial charge in [-0.2, -0.15) is 43.2 Å². The van der Waals surface area contributed by atoms with Crippen molar-refractivity contribution in [1.82, 2.24) is 19.9 Å². The van der Waals surface area contributed by atoms with E-state index in [0.29, 0.717) is 0 Å². The first-order valence-corrected chi connectivity index (χ1v) is 18.5. The predicted octanol–water partition coefficient (Wildman–Crippen LogP) is 4.36. The van der Waals surface area contributed by atoms with Crippen molar-refractivity contribution in [2.45, 2.75) is 67.3 Å². The highest BCUT2D eigenvalue weighted by Crippen LogP contribution is 2.55. The van der Waals surface area contributed by atoms with Crippen LogP contribution in [0, 0.1) is 6.92 Å². The number of hydrogen-bond donors (Lipinski definition) is 1. The van der Waals surface area contributed by atoms with Crippen LogP contribution >= 0.6 is 0 Å². The molecule has 1 N–H and O–H groups in total. The minimum atomic E-state index is -6.85. The number of halogens is 6. The third-order valence-electron chi connectivity index (χ3n) is 9.83. The number of rotatable bonds is 2. The minimum absolute atomic E-state index is 0.132. The average molecular weight is 791 g/mol. The Kier molecular flexibility index (Phi) is 8.92. The number of aromatic nitrogens is 4. The molecule has 53 heavy (non-hydrogen) atoms. The maximum absolute atomic E-state index is 12.6. The summed E-state index contributed by atoms with van der Waals surface area (Å²) in [6, 6.07) is 7.14. The van der Waals surface area contributed by atoms with E-state index in [-0.39, 0.29) is 22.8 Å². The van der Waals surface area contributed by atoms with E-state index in [1.165, 1.54) is 6.07 Å². The van der Waals surface area contributed by atoms with Gasteiger partial charge in [0.2, 0.25) is 17.4 Å². The van der Waals surface area contributed by atoms with E-state index in [1.807, 2.05) is 35.9 Å². The molecule has 6 heterocycles. The van der Waals surface area contributed by atoms with E-state index in [2.05, 4.69) is 19.9 Å². The van der Waals surface area contributed by atoms with Crippen LogP contribution in [0.3, 0.4) is 0 Å². The van der Waals surface area contributed by atoms with Gasteiger partial charge in [0, 0.05) is 37.0 Å². The number of fused-ring (bicyclic) bond motifs is 8. The van der Waals surface area contributed by atoms with Gasteiger partial charge < -0.3 is 14.8 Å². The normalized spacial score (nSPS) is 18.6. The number of alkyl halides is 6. The van der Waals surface area contributed by atoms with Crippen LogP contribution in [-0.2, 0) is 44.3 Å². The first-order valence-electron chi connectivity index (χ1n) is 15.7. The second kappa shape index (κ2) is 12.4. The molecule has 4 aliphatic rings. The Balaban J connectivity index is 0.000000138. The lowest BCUT2D eigenvalue weighted by Gasteiger charge is -2.36. The minimum Gasteiger partial charge on any atom is -0.320 e. The van der Waals surface area contributed by atoms with E-state index >= 15 is 0 Å². The summed E-state index contributed by atoms with van der Waals surface area (Å²) in [5.41, 5.74) is -5.32. The summed E-state index contributed by atoms with van der Waals surface area (Å²) >= 11 is 0. The summed E-state index contributed by atoms with van der Waals surface area (Å²) in [6.45, 7) is 1.98. The van der Waals surface area contributed by atoms with Crippen LogP contribution in [0.4, 0.5) is 37.7 Å². The molecule has 0 unspecified atom stereocenters. The largest absolute Gasteiger partial charge is 0.524 e. The molecule has 4 aromatic rings. The van der Waals surface area contributed by atoms with E-state index in [4.69, 9.17) is 0 Å². The molecule has 2 aliphatic heterocycles. The van der Waals surface area contributed by atoms with Crippen molar-refractivity contribution >= 4 is 65.5 Å². The number of anilines is 2. The van der Waals surface area contributed by atoms with Crippen molar-refractivity contribution in [3.05, 3.63) is 63.8 Å². The maximum atomic E-state index is 12.6. The third-order valence-corrected chi connectivity index (χ3v) is 12.4. The van der Waals surface area contributed by atoms with Gasteiger partial charge in [-0.15, -0.1) is 3.63 Å².